The van der Waals surface area contributed by atoms with Crippen LogP contribution in [0.1, 0.15) is 36.2 Å². The molecule has 1 rings (SSSR count). The van der Waals surface area contributed by atoms with E-state index in [2.05, 4.69) is 10.6 Å². The van der Waals surface area contributed by atoms with E-state index in [1.54, 1.807) is 18.2 Å². The molecule has 0 atom stereocenters. The van der Waals surface area contributed by atoms with Gasteiger partial charge in [0.05, 0.1) is 7.11 Å². The lowest BCUT2D eigenvalue weighted by Crippen LogP contribution is -2.42. The zero-order valence-corrected chi connectivity index (χ0v) is 14.5. The van der Waals surface area contributed by atoms with Crippen molar-refractivity contribution < 1.29 is 23.9 Å². The van der Waals surface area contributed by atoms with Crippen molar-refractivity contribution in [3.05, 3.63) is 29.3 Å². The number of carbonyl (C=O) groups is 3. The highest BCUT2D eigenvalue weighted by Gasteiger charge is 2.16. The normalized spacial score (nSPS) is 10.2. The maximum Gasteiger partial charge on any atom is 0.342 e. The van der Waals surface area contributed by atoms with Gasteiger partial charge in [0.25, 0.3) is 5.91 Å². The third kappa shape index (κ3) is 6.68. The number of benzene rings is 1. The first kappa shape index (κ1) is 19.5. The Bertz CT molecular complexity index is 599. The lowest BCUT2D eigenvalue weighted by molar-refractivity contribution is -0.123. The van der Waals surface area contributed by atoms with Gasteiger partial charge in [-0.1, -0.05) is 25.5 Å². The van der Waals surface area contributed by atoms with Crippen molar-refractivity contribution in [3.63, 3.8) is 0 Å². The molecule has 0 aliphatic heterocycles. The number of aryl methyl sites for hydroxylation is 1. The Balaban J connectivity index is 2.45. The summed E-state index contributed by atoms with van der Waals surface area (Å²) < 4.78 is 10.0. The Morgan fingerprint density at radius 3 is 2.54 bits per heavy atom. The summed E-state index contributed by atoms with van der Waals surface area (Å²) >= 11 is 0. The average molecular weight is 336 g/mol. The van der Waals surface area contributed by atoms with Gasteiger partial charge in [-0.25, -0.2) is 9.59 Å². The Labute approximate surface area is 141 Å². The lowest BCUT2D eigenvalue weighted by Gasteiger charge is -2.10. The number of amides is 3. The molecule has 2 N–H and O–H groups in total. The second-order valence-electron chi connectivity index (χ2n) is 5.77. The van der Waals surface area contributed by atoms with Crippen molar-refractivity contribution >= 4 is 17.9 Å². The Morgan fingerprint density at radius 2 is 1.92 bits per heavy atom. The molecule has 24 heavy (non-hydrogen) atoms. The van der Waals surface area contributed by atoms with Gasteiger partial charge in [0.2, 0.25) is 0 Å². The zero-order chi connectivity index (χ0) is 18.1. The fraction of sp³-hybridized carbons (Fsp3) is 0.471. The van der Waals surface area contributed by atoms with Crippen LogP contribution in [-0.2, 0) is 9.53 Å². The molecule has 0 aromatic heterocycles. The third-order valence-electron chi connectivity index (χ3n) is 3.17. The van der Waals surface area contributed by atoms with Gasteiger partial charge in [-0.3, -0.25) is 10.1 Å². The number of hydrogen-bond donors (Lipinski definition) is 2. The summed E-state index contributed by atoms with van der Waals surface area (Å²) in [6.07, 6.45) is 0.809. The molecule has 0 aliphatic carbocycles. The van der Waals surface area contributed by atoms with Gasteiger partial charge in [-0.15, -0.1) is 0 Å². The summed E-state index contributed by atoms with van der Waals surface area (Å²) in [5, 5.41) is 4.66. The molecule has 7 heteroatoms. The van der Waals surface area contributed by atoms with E-state index in [-0.39, 0.29) is 5.56 Å². The largest absolute Gasteiger partial charge is 0.496 e. The second-order valence-corrected chi connectivity index (χ2v) is 5.77. The molecule has 0 fully saturated rings. The number of imide groups is 1. The summed E-state index contributed by atoms with van der Waals surface area (Å²) in [5.74, 6) is -0.577. The smallest absolute Gasteiger partial charge is 0.342 e. The van der Waals surface area contributed by atoms with Crippen molar-refractivity contribution in [2.45, 2.75) is 27.2 Å². The number of ether oxygens (including phenoxy) is 2. The van der Waals surface area contributed by atoms with E-state index < -0.39 is 24.5 Å². The van der Waals surface area contributed by atoms with Crippen LogP contribution in [0.25, 0.3) is 0 Å². The molecule has 0 saturated heterocycles. The fourth-order valence-corrected chi connectivity index (χ4v) is 1.87. The average Bonchev–Trinajstić information content (AvgIpc) is 2.52. The molecule has 0 radical (unpaired) electrons. The third-order valence-corrected chi connectivity index (χ3v) is 3.17. The number of urea groups is 1. The first-order valence-electron chi connectivity index (χ1n) is 7.73. The van der Waals surface area contributed by atoms with Crippen LogP contribution in [0.2, 0.25) is 0 Å². The van der Waals surface area contributed by atoms with Crippen molar-refractivity contribution in [1.82, 2.24) is 10.6 Å². The summed E-state index contributed by atoms with van der Waals surface area (Å²) in [7, 11) is 1.44. The van der Waals surface area contributed by atoms with Crippen LogP contribution in [0.3, 0.4) is 0 Å². The molecule has 1 aromatic carbocycles. The lowest BCUT2D eigenvalue weighted by atomic mass is 10.1. The number of carbonyl (C=O) groups excluding carboxylic acids is 3. The molecule has 132 valence electrons. The van der Waals surface area contributed by atoms with Gasteiger partial charge in [-0.05, 0) is 31.4 Å². The Hall–Kier alpha value is -2.57. The number of nitrogens with one attached hydrogen (secondary N) is 2. The molecule has 0 spiro atoms. The Kier molecular flexibility index (Phi) is 7.74. The van der Waals surface area contributed by atoms with E-state index in [0.29, 0.717) is 18.2 Å². The van der Waals surface area contributed by atoms with Crippen LogP contribution in [0, 0.1) is 12.8 Å². The summed E-state index contributed by atoms with van der Waals surface area (Å²) in [4.78, 5) is 35.1. The number of rotatable bonds is 7. The van der Waals surface area contributed by atoms with Crippen LogP contribution in [-0.4, -0.2) is 38.2 Å². The van der Waals surface area contributed by atoms with E-state index >= 15 is 0 Å². The second kappa shape index (κ2) is 9.54. The molecule has 0 aliphatic rings. The molecule has 0 bridgehead atoms. The van der Waals surface area contributed by atoms with E-state index in [1.807, 2.05) is 20.8 Å². The maximum atomic E-state index is 12.0. The molecule has 0 saturated carbocycles. The van der Waals surface area contributed by atoms with Crippen molar-refractivity contribution in [1.29, 1.82) is 0 Å². The van der Waals surface area contributed by atoms with Gasteiger partial charge in [0.1, 0.15) is 11.3 Å². The highest BCUT2D eigenvalue weighted by atomic mass is 16.5. The minimum atomic E-state index is -0.697. The van der Waals surface area contributed by atoms with Crippen molar-refractivity contribution in [2.24, 2.45) is 5.92 Å². The van der Waals surface area contributed by atoms with Crippen LogP contribution in [0.5, 0.6) is 5.75 Å². The Morgan fingerprint density at radius 1 is 1.21 bits per heavy atom. The highest BCUT2D eigenvalue weighted by molar-refractivity contribution is 5.97. The maximum absolute atomic E-state index is 12.0. The van der Waals surface area contributed by atoms with Crippen LogP contribution >= 0.6 is 0 Å². The van der Waals surface area contributed by atoms with Gasteiger partial charge in [0, 0.05) is 6.54 Å². The number of hydrogen-bond acceptors (Lipinski definition) is 5. The molecule has 0 heterocycles. The van der Waals surface area contributed by atoms with Crippen LogP contribution in [0.4, 0.5) is 4.79 Å². The van der Waals surface area contributed by atoms with E-state index in [9.17, 15) is 14.4 Å². The van der Waals surface area contributed by atoms with Gasteiger partial charge in [0.15, 0.2) is 6.61 Å². The molecular formula is C17H24N2O5. The van der Waals surface area contributed by atoms with E-state index in [1.165, 1.54) is 7.11 Å². The minimum absolute atomic E-state index is 0.228. The monoisotopic (exact) mass is 336 g/mol. The quantitative estimate of drug-likeness (QED) is 0.743. The van der Waals surface area contributed by atoms with Crippen molar-refractivity contribution in [3.8, 4) is 5.75 Å². The molecule has 0 unspecified atom stereocenters. The van der Waals surface area contributed by atoms with E-state index in [0.717, 1.165) is 12.0 Å². The zero-order valence-electron chi connectivity index (χ0n) is 14.5. The molecular weight excluding hydrogens is 312 g/mol. The summed E-state index contributed by atoms with van der Waals surface area (Å²) in [6, 6.07) is 4.44. The van der Waals surface area contributed by atoms with E-state index in [4.69, 9.17) is 9.47 Å². The first-order valence-corrected chi connectivity index (χ1v) is 7.73. The fourth-order valence-electron chi connectivity index (χ4n) is 1.87. The van der Waals surface area contributed by atoms with Gasteiger partial charge < -0.3 is 14.8 Å². The van der Waals surface area contributed by atoms with Crippen LogP contribution < -0.4 is 15.4 Å². The van der Waals surface area contributed by atoms with Crippen LogP contribution in [0.15, 0.2) is 18.2 Å². The number of esters is 1. The predicted octanol–water partition coefficient (Wildman–Crippen LogP) is 2.03. The molecule has 3 amide bonds. The predicted molar refractivity (Wildman–Crippen MR) is 89.0 cm³/mol. The molecule has 7 nitrogen and oxygen atoms in total. The summed E-state index contributed by atoms with van der Waals surface area (Å²) in [5.41, 5.74) is 1.09. The van der Waals surface area contributed by atoms with Gasteiger partial charge >= 0.3 is 12.0 Å². The van der Waals surface area contributed by atoms with Gasteiger partial charge in [-0.2, -0.15) is 0 Å². The topological polar surface area (TPSA) is 93.7 Å². The minimum Gasteiger partial charge on any atom is -0.496 e. The summed E-state index contributed by atoms with van der Waals surface area (Å²) in [6.45, 7) is 5.81. The molecule has 1 aromatic rings. The first-order chi connectivity index (χ1) is 11.3. The highest BCUT2D eigenvalue weighted by Crippen LogP contribution is 2.20. The standard InChI is InChI=1S/C17H24N2O5/c1-11(2)7-8-18-17(22)19-15(20)10-24-16(21)13-9-12(3)5-6-14(13)23-4/h5-6,9,11H,7-8,10H2,1-4H3,(H2,18,19,20,22). The number of methoxy groups -OCH3 is 1. The van der Waals surface area contributed by atoms with Crippen molar-refractivity contribution in [2.75, 3.05) is 20.3 Å². The SMILES string of the molecule is COc1ccc(C)cc1C(=O)OCC(=O)NC(=O)NCCC(C)C.